The topological polar surface area (TPSA) is 59.6 Å². The summed E-state index contributed by atoms with van der Waals surface area (Å²) in [5, 5.41) is 6.00. The van der Waals surface area contributed by atoms with Crippen molar-refractivity contribution in [2.24, 2.45) is 5.41 Å². The largest absolute Gasteiger partial charge is 0.493 e. The van der Waals surface area contributed by atoms with Crippen molar-refractivity contribution in [3.8, 4) is 11.5 Å². The number of hydrogen-bond donors (Lipinski definition) is 2. The predicted molar refractivity (Wildman–Crippen MR) is 104 cm³/mol. The first kappa shape index (κ1) is 19.6. The lowest BCUT2D eigenvalue weighted by Crippen LogP contribution is -2.42. The molecule has 2 amide bonds. The minimum atomic E-state index is -0.205. The minimum absolute atomic E-state index is 0.0888. The Kier molecular flexibility index (Phi) is 6.50. The number of benzene rings is 2. The van der Waals surface area contributed by atoms with E-state index in [9.17, 15) is 4.79 Å². The molecule has 0 saturated heterocycles. The van der Waals surface area contributed by atoms with E-state index in [1.807, 2.05) is 48.5 Å². The lowest BCUT2D eigenvalue weighted by molar-refractivity contribution is 0.218. The number of nitrogens with one attached hydrogen (secondary N) is 2. The van der Waals surface area contributed by atoms with Crippen LogP contribution in [0.1, 0.15) is 37.9 Å². The number of rotatable bonds is 6. The highest BCUT2D eigenvalue weighted by molar-refractivity contribution is 5.74. The third-order valence-corrected chi connectivity index (χ3v) is 4.18. The Labute approximate surface area is 155 Å². The summed E-state index contributed by atoms with van der Waals surface area (Å²) < 4.78 is 10.5. The van der Waals surface area contributed by atoms with Gasteiger partial charge in [0.2, 0.25) is 0 Å². The highest BCUT2D eigenvalue weighted by Crippen LogP contribution is 2.32. The van der Waals surface area contributed by atoms with Crippen molar-refractivity contribution in [1.82, 2.24) is 10.6 Å². The Hall–Kier alpha value is -2.69. The first-order valence-corrected chi connectivity index (χ1v) is 8.65. The van der Waals surface area contributed by atoms with Gasteiger partial charge in [-0.15, -0.1) is 0 Å². The van der Waals surface area contributed by atoms with Crippen LogP contribution < -0.4 is 20.1 Å². The lowest BCUT2D eigenvalue weighted by Gasteiger charge is -2.32. The molecule has 0 radical (unpaired) electrons. The van der Waals surface area contributed by atoms with Crippen LogP contribution in [0.3, 0.4) is 0 Å². The van der Waals surface area contributed by atoms with Crippen LogP contribution in [-0.2, 0) is 6.54 Å². The van der Waals surface area contributed by atoms with E-state index >= 15 is 0 Å². The molecular weight excluding hydrogens is 328 g/mol. The van der Waals surface area contributed by atoms with Crippen molar-refractivity contribution in [3.05, 3.63) is 59.7 Å². The molecule has 5 heteroatoms. The van der Waals surface area contributed by atoms with Crippen molar-refractivity contribution in [3.63, 3.8) is 0 Å². The number of amides is 2. The summed E-state index contributed by atoms with van der Waals surface area (Å²) in [6.45, 7) is 6.73. The van der Waals surface area contributed by atoms with Gasteiger partial charge in [-0.25, -0.2) is 4.79 Å². The van der Waals surface area contributed by atoms with Gasteiger partial charge in [-0.05, 0) is 28.7 Å². The second-order valence-corrected chi connectivity index (χ2v) is 7.23. The van der Waals surface area contributed by atoms with E-state index in [1.165, 1.54) is 0 Å². The molecule has 2 aromatic rings. The van der Waals surface area contributed by atoms with Crippen LogP contribution >= 0.6 is 0 Å². The van der Waals surface area contributed by atoms with Crippen LogP contribution in [0.2, 0.25) is 0 Å². The second-order valence-electron chi connectivity index (χ2n) is 7.23. The Bertz CT molecular complexity index is 724. The molecule has 1 unspecified atom stereocenters. The third kappa shape index (κ3) is 5.15. The smallest absolute Gasteiger partial charge is 0.315 e. The Balaban J connectivity index is 2.03. The van der Waals surface area contributed by atoms with E-state index < -0.39 is 0 Å². The van der Waals surface area contributed by atoms with Crippen molar-refractivity contribution in [2.45, 2.75) is 33.4 Å². The summed E-state index contributed by atoms with van der Waals surface area (Å²) in [5.74, 6) is 1.31. The van der Waals surface area contributed by atoms with E-state index in [2.05, 4.69) is 31.4 Å². The molecule has 0 heterocycles. The molecule has 0 saturated carbocycles. The standard InChI is InChI=1S/C21H28N2O3/c1-21(2,3)19(16-9-7-6-8-10-16)23-20(24)22-14-15-11-12-17(25-4)18(13-15)26-5/h6-13,19H,14H2,1-5H3,(H2,22,23,24). The van der Waals surface area contributed by atoms with Crippen molar-refractivity contribution in [2.75, 3.05) is 14.2 Å². The number of carbonyl (C=O) groups excluding carboxylic acids is 1. The molecule has 0 spiro atoms. The average molecular weight is 356 g/mol. The number of hydrogen-bond acceptors (Lipinski definition) is 3. The zero-order valence-corrected chi connectivity index (χ0v) is 16.1. The van der Waals surface area contributed by atoms with Crippen molar-refractivity contribution >= 4 is 6.03 Å². The van der Waals surface area contributed by atoms with Gasteiger partial charge >= 0.3 is 6.03 Å². The molecule has 2 aromatic carbocycles. The highest BCUT2D eigenvalue weighted by Gasteiger charge is 2.27. The summed E-state index contributed by atoms with van der Waals surface area (Å²) in [6.07, 6.45) is 0. The van der Waals surface area contributed by atoms with Gasteiger partial charge in [0.15, 0.2) is 11.5 Å². The Morgan fingerprint density at radius 1 is 1.00 bits per heavy atom. The van der Waals surface area contributed by atoms with Gasteiger partial charge in [0, 0.05) is 6.54 Å². The summed E-state index contributed by atoms with van der Waals surface area (Å²) in [5.41, 5.74) is 1.91. The van der Waals surface area contributed by atoms with Gasteiger partial charge < -0.3 is 20.1 Å². The van der Waals surface area contributed by atoms with E-state index in [4.69, 9.17) is 9.47 Å². The van der Waals surface area contributed by atoms with E-state index in [-0.39, 0.29) is 17.5 Å². The maximum absolute atomic E-state index is 12.4. The lowest BCUT2D eigenvalue weighted by atomic mass is 9.82. The number of carbonyl (C=O) groups is 1. The quantitative estimate of drug-likeness (QED) is 0.812. The van der Waals surface area contributed by atoms with Crippen LogP contribution in [0.4, 0.5) is 4.79 Å². The van der Waals surface area contributed by atoms with E-state index in [0.29, 0.717) is 18.0 Å². The predicted octanol–water partition coefficient (Wildman–Crippen LogP) is 4.29. The zero-order valence-electron chi connectivity index (χ0n) is 16.1. The highest BCUT2D eigenvalue weighted by atomic mass is 16.5. The van der Waals surface area contributed by atoms with Gasteiger partial charge in [-0.1, -0.05) is 57.2 Å². The maximum atomic E-state index is 12.4. The SMILES string of the molecule is COc1ccc(CNC(=O)NC(c2ccccc2)C(C)(C)C)cc1OC. The van der Waals surface area contributed by atoms with Gasteiger partial charge in [0.25, 0.3) is 0 Å². The molecule has 0 aliphatic rings. The maximum Gasteiger partial charge on any atom is 0.315 e. The fourth-order valence-electron chi connectivity index (χ4n) is 2.80. The first-order valence-electron chi connectivity index (χ1n) is 8.65. The normalized spacial score (nSPS) is 12.2. The molecule has 5 nitrogen and oxygen atoms in total. The number of ether oxygens (including phenoxy) is 2. The van der Waals surface area contributed by atoms with Crippen molar-refractivity contribution < 1.29 is 14.3 Å². The Morgan fingerprint density at radius 3 is 2.23 bits per heavy atom. The number of methoxy groups -OCH3 is 2. The van der Waals surface area contributed by atoms with E-state index in [0.717, 1.165) is 11.1 Å². The van der Waals surface area contributed by atoms with Gasteiger partial charge in [0.1, 0.15) is 0 Å². The van der Waals surface area contributed by atoms with Gasteiger partial charge in [-0.3, -0.25) is 0 Å². The molecule has 0 aliphatic heterocycles. The molecule has 26 heavy (non-hydrogen) atoms. The monoisotopic (exact) mass is 356 g/mol. The minimum Gasteiger partial charge on any atom is -0.493 e. The molecule has 0 aromatic heterocycles. The molecule has 140 valence electrons. The van der Waals surface area contributed by atoms with Crippen LogP contribution in [0, 0.1) is 5.41 Å². The molecule has 2 N–H and O–H groups in total. The fraction of sp³-hybridized carbons (Fsp3) is 0.381. The zero-order chi connectivity index (χ0) is 19.2. The molecule has 0 fully saturated rings. The Morgan fingerprint density at radius 2 is 1.65 bits per heavy atom. The average Bonchev–Trinajstić information content (AvgIpc) is 2.63. The summed E-state index contributed by atoms with van der Waals surface area (Å²) in [4.78, 5) is 12.4. The molecule has 0 bridgehead atoms. The fourth-order valence-corrected chi connectivity index (χ4v) is 2.80. The second kappa shape index (κ2) is 8.61. The van der Waals surface area contributed by atoms with Gasteiger partial charge in [-0.2, -0.15) is 0 Å². The van der Waals surface area contributed by atoms with Crippen LogP contribution in [0.15, 0.2) is 48.5 Å². The van der Waals surface area contributed by atoms with Crippen molar-refractivity contribution in [1.29, 1.82) is 0 Å². The van der Waals surface area contributed by atoms with E-state index in [1.54, 1.807) is 14.2 Å². The van der Waals surface area contributed by atoms with Gasteiger partial charge in [0.05, 0.1) is 20.3 Å². The summed E-state index contributed by atoms with van der Waals surface area (Å²) >= 11 is 0. The third-order valence-electron chi connectivity index (χ3n) is 4.18. The summed E-state index contributed by atoms with van der Waals surface area (Å²) in [7, 11) is 3.19. The molecule has 1 atom stereocenters. The number of urea groups is 1. The molecular formula is C21H28N2O3. The first-order chi connectivity index (χ1) is 12.3. The molecule has 0 aliphatic carbocycles. The summed E-state index contributed by atoms with van der Waals surface area (Å²) in [6, 6.07) is 15.3. The van der Waals surface area contributed by atoms with Crippen LogP contribution in [-0.4, -0.2) is 20.3 Å². The van der Waals surface area contributed by atoms with Crippen LogP contribution in [0.25, 0.3) is 0 Å². The molecule has 2 rings (SSSR count). The van der Waals surface area contributed by atoms with Crippen LogP contribution in [0.5, 0.6) is 11.5 Å².